The quantitative estimate of drug-likeness (QED) is 0.614. The van der Waals surface area contributed by atoms with Crippen LogP contribution in [-0.2, 0) is 0 Å². The molecule has 3 heterocycles. The summed E-state index contributed by atoms with van der Waals surface area (Å²) in [4.78, 5) is 27.1. The number of amides is 1. The fourth-order valence-corrected chi connectivity index (χ4v) is 3.09. The van der Waals surface area contributed by atoms with Gasteiger partial charge in [0.15, 0.2) is 11.5 Å². The Morgan fingerprint density at radius 1 is 1.03 bits per heavy atom. The van der Waals surface area contributed by atoms with Crippen LogP contribution in [0.3, 0.4) is 0 Å². The second-order valence-corrected chi connectivity index (χ2v) is 6.35. The van der Waals surface area contributed by atoms with E-state index in [9.17, 15) is 4.79 Å². The van der Waals surface area contributed by atoms with E-state index >= 15 is 0 Å². The van der Waals surface area contributed by atoms with Gasteiger partial charge in [-0.05, 0) is 18.2 Å². The minimum absolute atomic E-state index is 0.0362. The van der Waals surface area contributed by atoms with Crippen LogP contribution in [0, 0.1) is 0 Å². The zero-order valence-electron chi connectivity index (χ0n) is 16.2. The summed E-state index contributed by atoms with van der Waals surface area (Å²) in [6, 6.07) is 4.98. The third kappa shape index (κ3) is 3.44. The average Bonchev–Trinajstić information content (AvgIpc) is 3.21. The lowest BCUT2D eigenvalue weighted by molar-refractivity contribution is 0.0568. The molecule has 0 spiro atoms. The van der Waals surface area contributed by atoms with Crippen molar-refractivity contribution >= 4 is 5.91 Å². The third-order valence-electron chi connectivity index (χ3n) is 4.64. The number of carbonyl (C=O) groups is 1. The van der Waals surface area contributed by atoms with E-state index in [0.717, 1.165) is 0 Å². The van der Waals surface area contributed by atoms with Crippen molar-refractivity contribution < 1.29 is 23.5 Å². The molecule has 1 amide bonds. The maximum Gasteiger partial charge on any atom is 0.254 e. The Bertz CT molecular complexity index is 992. The molecule has 1 saturated heterocycles. The number of methoxy groups -OCH3 is 3. The first-order valence-corrected chi connectivity index (χ1v) is 8.84. The zero-order chi connectivity index (χ0) is 20.4. The SMILES string of the molecule is COc1cc(C(=O)N2CC(c3nc(-c4ncccn4)no3)C2)cc(OC)c1OC. The summed E-state index contributed by atoms with van der Waals surface area (Å²) in [6.45, 7) is 0.930. The summed E-state index contributed by atoms with van der Waals surface area (Å²) in [5.41, 5.74) is 0.446. The summed E-state index contributed by atoms with van der Waals surface area (Å²) in [7, 11) is 4.53. The lowest BCUT2D eigenvalue weighted by Crippen LogP contribution is -2.48. The van der Waals surface area contributed by atoms with E-state index in [1.54, 1.807) is 35.5 Å². The molecule has 1 fully saturated rings. The van der Waals surface area contributed by atoms with Crippen LogP contribution in [-0.4, -0.2) is 65.3 Å². The number of rotatable bonds is 6. The van der Waals surface area contributed by atoms with Gasteiger partial charge in [0, 0.05) is 31.0 Å². The monoisotopic (exact) mass is 397 g/mol. The second kappa shape index (κ2) is 7.74. The molecule has 0 unspecified atom stereocenters. The van der Waals surface area contributed by atoms with Crippen molar-refractivity contribution in [1.29, 1.82) is 0 Å². The molecule has 2 aromatic heterocycles. The predicted molar refractivity (Wildman–Crippen MR) is 100 cm³/mol. The van der Waals surface area contributed by atoms with E-state index in [2.05, 4.69) is 20.1 Å². The largest absolute Gasteiger partial charge is 0.493 e. The molecule has 1 aliphatic heterocycles. The first-order valence-electron chi connectivity index (χ1n) is 8.84. The summed E-state index contributed by atoms with van der Waals surface area (Å²) >= 11 is 0. The molecule has 29 heavy (non-hydrogen) atoms. The molecule has 10 heteroatoms. The van der Waals surface area contributed by atoms with Crippen LogP contribution in [0.5, 0.6) is 17.2 Å². The van der Waals surface area contributed by atoms with E-state index in [1.165, 1.54) is 21.3 Å². The van der Waals surface area contributed by atoms with Crippen molar-refractivity contribution in [3.8, 4) is 28.9 Å². The Morgan fingerprint density at radius 2 is 1.69 bits per heavy atom. The Labute approximate surface area is 166 Å². The summed E-state index contributed by atoms with van der Waals surface area (Å²) < 4.78 is 21.2. The van der Waals surface area contributed by atoms with Gasteiger partial charge in [-0.25, -0.2) is 9.97 Å². The molecule has 4 rings (SSSR count). The molecule has 0 N–H and O–H groups in total. The van der Waals surface area contributed by atoms with Crippen LogP contribution >= 0.6 is 0 Å². The highest BCUT2D eigenvalue weighted by atomic mass is 16.5. The molecule has 3 aromatic rings. The van der Waals surface area contributed by atoms with Crippen LogP contribution in [0.2, 0.25) is 0 Å². The highest BCUT2D eigenvalue weighted by Gasteiger charge is 2.36. The van der Waals surface area contributed by atoms with Crippen molar-refractivity contribution in [2.24, 2.45) is 0 Å². The lowest BCUT2D eigenvalue weighted by atomic mass is 9.98. The fraction of sp³-hybridized carbons (Fsp3) is 0.316. The number of nitrogens with zero attached hydrogens (tertiary/aromatic N) is 5. The first-order chi connectivity index (χ1) is 14.1. The number of hydrogen-bond donors (Lipinski definition) is 0. The normalized spacial score (nSPS) is 13.7. The van der Waals surface area contributed by atoms with Gasteiger partial charge in [-0.15, -0.1) is 0 Å². The van der Waals surface area contributed by atoms with Crippen LogP contribution < -0.4 is 14.2 Å². The van der Waals surface area contributed by atoms with E-state index in [1.807, 2.05) is 0 Å². The maximum atomic E-state index is 12.9. The van der Waals surface area contributed by atoms with E-state index in [0.29, 0.717) is 53.4 Å². The molecule has 0 radical (unpaired) electrons. The molecule has 0 saturated carbocycles. The number of ether oxygens (including phenoxy) is 3. The molecule has 0 atom stereocenters. The zero-order valence-corrected chi connectivity index (χ0v) is 16.2. The van der Waals surface area contributed by atoms with Gasteiger partial charge in [0.25, 0.3) is 5.91 Å². The van der Waals surface area contributed by atoms with Gasteiger partial charge in [0.1, 0.15) is 0 Å². The highest BCUT2D eigenvalue weighted by Crippen LogP contribution is 2.39. The van der Waals surface area contributed by atoms with E-state index < -0.39 is 0 Å². The Balaban J connectivity index is 1.46. The van der Waals surface area contributed by atoms with Crippen molar-refractivity contribution in [3.63, 3.8) is 0 Å². The first kappa shape index (κ1) is 18.7. The predicted octanol–water partition coefficient (Wildman–Crippen LogP) is 1.79. The minimum Gasteiger partial charge on any atom is -0.493 e. The smallest absolute Gasteiger partial charge is 0.254 e. The van der Waals surface area contributed by atoms with Crippen LogP contribution in [0.4, 0.5) is 0 Å². The Kier molecular flexibility index (Phi) is 4.98. The lowest BCUT2D eigenvalue weighted by Gasteiger charge is -2.37. The minimum atomic E-state index is -0.147. The third-order valence-corrected chi connectivity index (χ3v) is 4.64. The molecule has 1 aromatic carbocycles. The molecular formula is C19H19N5O5. The van der Waals surface area contributed by atoms with Gasteiger partial charge >= 0.3 is 0 Å². The molecule has 150 valence electrons. The van der Waals surface area contributed by atoms with Gasteiger partial charge in [-0.3, -0.25) is 4.79 Å². The number of hydrogen-bond acceptors (Lipinski definition) is 9. The Morgan fingerprint density at radius 3 is 2.28 bits per heavy atom. The van der Waals surface area contributed by atoms with Gasteiger partial charge in [-0.2, -0.15) is 4.98 Å². The van der Waals surface area contributed by atoms with Crippen LogP contribution in [0.1, 0.15) is 22.2 Å². The second-order valence-electron chi connectivity index (χ2n) is 6.35. The van der Waals surface area contributed by atoms with E-state index in [4.69, 9.17) is 18.7 Å². The van der Waals surface area contributed by atoms with E-state index in [-0.39, 0.29) is 11.8 Å². The van der Waals surface area contributed by atoms with Gasteiger partial charge in [0.05, 0.1) is 27.2 Å². The topological polar surface area (TPSA) is 113 Å². The molecule has 0 aliphatic carbocycles. The number of carbonyl (C=O) groups excluding carboxylic acids is 1. The molecule has 0 bridgehead atoms. The number of aromatic nitrogens is 4. The summed E-state index contributed by atoms with van der Waals surface area (Å²) in [5, 5.41) is 3.92. The molecule has 1 aliphatic rings. The summed E-state index contributed by atoms with van der Waals surface area (Å²) in [6.07, 6.45) is 3.22. The fourth-order valence-electron chi connectivity index (χ4n) is 3.09. The van der Waals surface area contributed by atoms with Crippen molar-refractivity contribution in [1.82, 2.24) is 25.0 Å². The highest BCUT2D eigenvalue weighted by molar-refractivity contribution is 5.96. The van der Waals surface area contributed by atoms with Crippen LogP contribution in [0.25, 0.3) is 11.6 Å². The molecule has 10 nitrogen and oxygen atoms in total. The van der Waals surface area contributed by atoms with Gasteiger partial charge < -0.3 is 23.6 Å². The van der Waals surface area contributed by atoms with Crippen molar-refractivity contribution in [3.05, 3.63) is 42.0 Å². The van der Waals surface area contributed by atoms with Crippen LogP contribution in [0.15, 0.2) is 35.1 Å². The average molecular weight is 397 g/mol. The standard InChI is InChI=1S/C19H19N5O5/c1-26-13-7-11(8-14(27-2)15(13)28-3)19(25)24-9-12(10-24)18-22-17(23-29-18)16-20-5-4-6-21-16/h4-8,12H,9-10H2,1-3H3. The Hall–Kier alpha value is -3.69. The maximum absolute atomic E-state index is 12.9. The number of likely N-dealkylation sites (tertiary alicyclic amines) is 1. The summed E-state index contributed by atoms with van der Waals surface area (Å²) in [5.74, 6) is 2.30. The molecular weight excluding hydrogens is 378 g/mol. The van der Waals surface area contributed by atoms with Gasteiger partial charge in [-0.1, -0.05) is 5.16 Å². The number of benzene rings is 1. The van der Waals surface area contributed by atoms with Crippen molar-refractivity contribution in [2.45, 2.75) is 5.92 Å². The van der Waals surface area contributed by atoms with Gasteiger partial charge in [0.2, 0.25) is 23.3 Å². The van der Waals surface area contributed by atoms with Crippen molar-refractivity contribution in [2.75, 3.05) is 34.4 Å².